The largest absolute Gasteiger partial charge is 0.390 e. The van der Waals surface area contributed by atoms with E-state index >= 15 is 0 Å². The van der Waals surface area contributed by atoms with Gasteiger partial charge in [0.05, 0.1) is 6.10 Å². The van der Waals surface area contributed by atoms with Crippen molar-refractivity contribution in [1.29, 1.82) is 0 Å². The van der Waals surface area contributed by atoms with Gasteiger partial charge in [0.25, 0.3) is 0 Å². The highest BCUT2D eigenvalue weighted by atomic mass is 16.5. The van der Waals surface area contributed by atoms with Gasteiger partial charge in [0.1, 0.15) is 0 Å². The fraction of sp³-hybridized carbons (Fsp3) is 0.680. The number of aromatic nitrogens is 1. The fourth-order valence-corrected chi connectivity index (χ4v) is 4.16. The standard InChI is InChI=1S/C25H43N3O2/c1-17(2)21(14-23(26)25(29)15-27-18(3)4)12-19-9-10-24-22(13-19)20(16-28(24)5)8-7-11-30-6/h9-10,13,16-18,21,23,25,27,29H,7-8,11-12,14-15,26H2,1-6H3. The fourth-order valence-electron chi connectivity index (χ4n) is 4.16. The number of nitrogens with zero attached hydrogens (tertiary/aromatic N) is 1. The molecular formula is C25H43N3O2. The van der Waals surface area contributed by atoms with Crippen molar-refractivity contribution >= 4 is 10.9 Å². The third-order valence-corrected chi connectivity index (χ3v) is 6.18. The van der Waals surface area contributed by atoms with E-state index in [4.69, 9.17) is 10.5 Å². The molecule has 5 heteroatoms. The molecule has 0 aliphatic rings. The number of nitrogens with two attached hydrogens (primary N) is 1. The molecule has 0 saturated heterocycles. The molecule has 0 bridgehead atoms. The van der Waals surface area contributed by atoms with Crippen molar-refractivity contribution in [3.05, 3.63) is 35.5 Å². The second kappa shape index (κ2) is 11.8. The van der Waals surface area contributed by atoms with Crippen molar-refractivity contribution in [3.63, 3.8) is 0 Å². The molecule has 2 aromatic rings. The summed E-state index contributed by atoms with van der Waals surface area (Å²) in [6.45, 7) is 10.0. The van der Waals surface area contributed by atoms with Crippen LogP contribution in [0.3, 0.4) is 0 Å². The maximum atomic E-state index is 10.4. The van der Waals surface area contributed by atoms with Crippen LogP contribution in [0.5, 0.6) is 0 Å². The summed E-state index contributed by atoms with van der Waals surface area (Å²) in [7, 11) is 3.87. The Morgan fingerprint density at radius 2 is 1.93 bits per heavy atom. The highest BCUT2D eigenvalue weighted by molar-refractivity contribution is 5.84. The molecule has 30 heavy (non-hydrogen) atoms. The number of benzene rings is 1. The molecule has 3 atom stereocenters. The van der Waals surface area contributed by atoms with E-state index in [1.807, 2.05) is 0 Å². The van der Waals surface area contributed by atoms with Crippen LogP contribution in [0.4, 0.5) is 0 Å². The second-order valence-electron chi connectivity index (χ2n) is 9.45. The van der Waals surface area contributed by atoms with E-state index in [-0.39, 0.29) is 6.04 Å². The van der Waals surface area contributed by atoms with Crippen molar-refractivity contribution in [2.24, 2.45) is 24.6 Å². The summed E-state index contributed by atoms with van der Waals surface area (Å²) in [5, 5.41) is 15.1. The number of aliphatic hydroxyl groups is 1. The van der Waals surface area contributed by atoms with Crippen molar-refractivity contribution in [2.45, 2.75) is 71.6 Å². The maximum Gasteiger partial charge on any atom is 0.0815 e. The Balaban J connectivity index is 2.11. The first-order chi connectivity index (χ1) is 14.2. The zero-order valence-corrected chi connectivity index (χ0v) is 19.8. The SMILES string of the molecule is COCCCc1cn(C)c2ccc(CC(CC(N)C(O)CNC(C)C)C(C)C)cc12. The predicted octanol–water partition coefficient (Wildman–Crippen LogP) is 3.65. The predicted molar refractivity (Wildman–Crippen MR) is 127 cm³/mol. The van der Waals surface area contributed by atoms with Gasteiger partial charge >= 0.3 is 0 Å². The summed E-state index contributed by atoms with van der Waals surface area (Å²) < 4.78 is 7.45. The lowest BCUT2D eigenvalue weighted by atomic mass is 9.83. The van der Waals surface area contributed by atoms with Gasteiger partial charge in [-0.05, 0) is 60.8 Å². The van der Waals surface area contributed by atoms with Crippen LogP contribution in [-0.2, 0) is 24.6 Å². The van der Waals surface area contributed by atoms with Crippen LogP contribution in [0.25, 0.3) is 10.9 Å². The quantitative estimate of drug-likeness (QED) is 0.435. The Morgan fingerprint density at radius 1 is 1.20 bits per heavy atom. The van der Waals surface area contributed by atoms with Gasteiger partial charge in [0.2, 0.25) is 0 Å². The van der Waals surface area contributed by atoms with E-state index in [0.29, 0.717) is 24.4 Å². The number of hydrogen-bond acceptors (Lipinski definition) is 4. The normalized spacial score (nSPS) is 15.3. The van der Waals surface area contributed by atoms with Gasteiger partial charge in [-0.2, -0.15) is 0 Å². The minimum Gasteiger partial charge on any atom is -0.390 e. The van der Waals surface area contributed by atoms with Crippen molar-refractivity contribution in [1.82, 2.24) is 9.88 Å². The molecule has 1 aromatic heterocycles. The minimum absolute atomic E-state index is 0.214. The van der Waals surface area contributed by atoms with Crippen LogP contribution < -0.4 is 11.1 Å². The number of hydrogen-bond donors (Lipinski definition) is 3. The van der Waals surface area contributed by atoms with E-state index in [9.17, 15) is 5.11 Å². The van der Waals surface area contributed by atoms with Crippen molar-refractivity contribution in [3.8, 4) is 0 Å². The van der Waals surface area contributed by atoms with Crippen LogP contribution in [-0.4, -0.2) is 48.1 Å². The van der Waals surface area contributed by atoms with Crippen LogP contribution in [0.2, 0.25) is 0 Å². The van der Waals surface area contributed by atoms with Crippen LogP contribution in [0, 0.1) is 11.8 Å². The lowest BCUT2D eigenvalue weighted by molar-refractivity contribution is 0.122. The molecule has 4 N–H and O–H groups in total. The molecule has 1 aromatic carbocycles. The number of methoxy groups -OCH3 is 1. The first-order valence-electron chi connectivity index (χ1n) is 11.5. The molecular weight excluding hydrogens is 374 g/mol. The summed E-state index contributed by atoms with van der Waals surface area (Å²) in [4.78, 5) is 0. The molecule has 1 heterocycles. The maximum absolute atomic E-state index is 10.4. The third-order valence-electron chi connectivity index (χ3n) is 6.18. The van der Waals surface area contributed by atoms with E-state index in [2.05, 4.69) is 69.0 Å². The summed E-state index contributed by atoms with van der Waals surface area (Å²) in [5.41, 5.74) is 10.4. The number of nitrogens with one attached hydrogen (secondary N) is 1. The first-order valence-corrected chi connectivity index (χ1v) is 11.5. The summed E-state index contributed by atoms with van der Waals surface area (Å²) in [6, 6.07) is 6.98. The summed E-state index contributed by atoms with van der Waals surface area (Å²) >= 11 is 0. The molecule has 0 spiro atoms. The van der Waals surface area contributed by atoms with Gasteiger partial charge in [0, 0.05) is 56.5 Å². The van der Waals surface area contributed by atoms with E-state index in [1.165, 1.54) is 22.0 Å². The average Bonchev–Trinajstić information content (AvgIpc) is 3.00. The van der Waals surface area contributed by atoms with Crippen LogP contribution in [0.15, 0.2) is 24.4 Å². The van der Waals surface area contributed by atoms with Crippen LogP contribution >= 0.6 is 0 Å². The number of rotatable bonds is 13. The number of aryl methyl sites for hydroxylation is 2. The average molecular weight is 418 g/mol. The highest BCUT2D eigenvalue weighted by Crippen LogP contribution is 2.27. The molecule has 0 amide bonds. The number of ether oxygens (including phenoxy) is 1. The van der Waals surface area contributed by atoms with E-state index in [1.54, 1.807) is 7.11 Å². The molecule has 0 radical (unpaired) electrons. The monoisotopic (exact) mass is 417 g/mol. The zero-order chi connectivity index (χ0) is 22.3. The van der Waals surface area contributed by atoms with Crippen molar-refractivity contribution < 1.29 is 9.84 Å². The lowest BCUT2D eigenvalue weighted by Gasteiger charge is -2.28. The number of fused-ring (bicyclic) bond motifs is 1. The second-order valence-corrected chi connectivity index (χ2v) is 9.45. The molecule has 0 fully saturated rings. The molecule has 2 rings (SSSR count). The molecule has 0 aliphatic carbocycles. The van der Waals surface area contributed by atoms with Gasteiger partial charge in [-0.1, -0.05) is 33.8 Å². The molecule has 5 nitrogen and oxygen atoms in total. The third kappa shape index (κ3) is 7.09. The van der Waals surface area contributed by atoms with Gasteiger partial charge < -0.3 is 25.5 Å². The smallest absolute Gasteiger partial charge is 0.0815 e. The Kier molecular flexibility index (Phi) is 9.82. The van der Waals surface area contributed by atoms with Gasteiger partial charge in [-0.25, -0.2) is 0 Å². The Morgan fingerprint density at radius 3 is 2.57 bits per heavy atom. The lowest BCUT2D eigenvalue weighted by Crippen LogP contribution is -2.44. The molecule has 0 saturated carbocycles. The van der Waals surface area contributed by atoms with E-state index in [0.717, 1.165) is 32.3 Å². The zero-order valence-electron chi connectivity index (χ0n) is 19.8. The molecule has 3 unspecified atom stereocenters. The molecule has 0 aliphatic heterocycles. The Hall–Kier alpha value is -1.40. The number of aliphatic hydroxyl groups excluding tert-OH is 1. The summed E-state index contributed by atoms with van der Waals surface area (Å²) in [6.07, 6.45) is 5.60. The first kappa shape index (κ1) is 24.9. The van der Waals surface area contributed by atoms with E-state index < -0.39 is 6.10 Å². The van der Waals surface area contributed by atoms with Gasteiger partial charge in [-0.3, -0.25) is 0 Å². The Labute approximate surface area is 183 Å². The van der Waals surface area contributed by atoms with Gasteiger partial charge in [-0.15, -0.1) is 0 Å². The Bertz CT molecular complexity index is 769. The molecule has 170 valence electrons. The highest BCUT2D eigenvalue weighted by Gasteiger charge is 2.23. The van der Waals surface area contributed by atoms with Gasteiger partial charge in [0.15, 0.2) is 0 Å². The topological polar surface area (TPSA) is 72.4 Å². The minimum atomic E-state index is -0.516. The van der Waals surface area contributed by atoms with Crippen molar-refractivity contribution in [2.75, 3.05) is 20.3 Å². The summed E-state index contributed by atoms with van der Waals surface area (Å²) in [5.74, 6) is 0.945. The van der Waals surface area contributed by atoms with Crippen LogP contribution in [0.1, 0.15) is 51.7 Å².